The van der Waals surface area contributed by atoms with Gasteiger partial charge in [0, 0.05) is 0 Å². The Hall–Kier alpha value is -2.15. The van der Waals surface area contributed by atoms with Gasteiger partial charge in [-0.2, -0.15) is 10.1 Å². The monoisotopic (exact) mass is 416 g/mol. The third-order valence-electron chi connectivity index (χ3n) is 6.23. The summed E-state index contributed by atoms with van der Waals surface area (Å²) < 4.78 is 5.57. The van der Waals surface area contributed by atoms with E-state index >= 15 is 0 Å². The lowest BCUT2D eigenvalue weighted by atomic mass is 9.63. The quantitative estimate of drug-likeness (QED) is 0.466. The molecule has 134 valence electrons. The molecule has 2 bridgehead atoms. The van der Waals surface area contributed by atoms with Crippen LogP contribution in [0.5, 0.6) is 11.5 Å². The lowest BCUT2D eigenvalue weighted by molar-refractivity contribution is -0.140. The Bertz CT molecular complexity index is 860. The van der Waals surface area contributed by atoms with Crippen LogP contribution in [0.1, 0.15) is 12.0 Å². The van der Waals surface area contributed by atoms with Gasteiger partial charge >= 0.3 is 0 Å². The third-order valence-corrected chi connectivity index (χ3v) is 6.84. The first-order chi connectivity index (χ1) is 12.5. The highest BCUT2D eigenvalue weighted by molar-refractivity contribution is 9.10. The molecule has 6 rings (SSSR count). The third kappa shape index (κ3) is 2.06. The van der Waals surface area contributed by atoms with Crippen LogP contribution in [0, 0.1) is 35.5 Å². The van der Waals surface area contributed by atoms with Crippen LogP contribution >= 0.6 is 15.9 Å². The predicted octanol–water partition coefficient (Wildman–Crippen LogP) is 2.55. The molecule has 7 heteroatoms. The van der Waals surface area contributed by atoms with E-state index in [1.54, 1.807) is 12.1 Å². The van der Waals surface area contributed by atoms with Gasteiger partial charge in [0.05, 0.1) is 29.6 Å². The number of methoxy groups -OCH3 is 1. The predicted molar refractivity (Wildman–Crippen MR) is 96.5 cm³/mol. The number of ether oxygens (including phenoxy) is 1. The molecule has 2 saturated carbocycles. The number of hydrogen-bond acceptors (Lipinski definition) is 5. The Morgan fingerprint density at radius 1 is 1.19 bits per heavy atom. The molecule has 0 unspecified atom stereocenters. The Balaban J connectivity index is 1.44. The molecule has 1 aromatic carbocycles. The number of rotatable bonds is 3. The van der Waals surface area contributed by atoms with E-state index in [0.29, 0.717) is 21.9 Å². The number of carbonyl (C=O) groups excluding carboxylic acids is 2. The molecular formula is C19H17BrN2O4. The molecule has 0 radical (unpaired) electrons. The number of benzene rings is 1. The fourth-order valence-electron chi connectivity index (χ4n) is 5.00. The van der Waals surface area contributed by atoms with E-state index < -0.39 is 0 Å². The lowest BCUT2D eigenvalue weighted by Crippen LogP contribution is -2.40. The smallest absolute Gasteiger partial charge is 0.254 e. The zero-order chi connectivity index (χ0) is 18.2. The van der Waals surface area contributed by atoms with Crippen LogP contribution in [0.15, 0.2) is 33.9 Å². The SMILES string of the molecule is COc1cc(/C=N\N2C(=O)[C@H]3[C@@H]4C=C[C@H]([C@@H]5C[C@H]45)[C@@H]3C2=O)cc(Br)c1O. The van der Waals surface area contributed by atoms with Gasteiger partial charge in [-0.05, 0) is 63.7 Å². The van der Waals surface area contributed by atoms with Crippen molar-refractivity contribution in [3.8, 4) is 11.5 Å². The first-order valence-corrected chi connectivity index (χ1v) is 9.47. The molecule has 3 fully saturated rings. The summed E-state index contributed by atoms with van der Waals surface area (Å²) >= 11 is 3.25. The maximum atomic E-state index is 12.9. The first-order valence-electron chi connectivity index (χ1n) is 8.68. The van der Waals surface area contributed by atoms with Crippen LogP contribution in [0.4, 0.5) is 0 Å². The highest BCUT2D eigenvalue weighted by Crippen LogP contribution is 2.65. The number of nitrogens with zero attached hydrogens (tertiary/aromatic N) is 2. The molecule has 1 saturated heterocycles. The van der Waals surface area contributed by atoms with Gasteiger partial charge in [0.15, 0.2) is 11.5 Å². The molecule has 2 amide bonds. The average Bonchev–Trinajstić information content (AvgIpc) is 3.41. The number of allylic oxidation sites excluding steroid dienone is 2. The minimum absolute atomic E-state index is 0.00845. The van der Waals surface area contributed by atoms with Crippen LogP contribution in [0.3, 0.4) is 0 Å². The van der Waals surface area contributed by atoms with Gasteiger partial charge in [-0.25, -0.2) is 0 Å². The van der Waals surface area contributed by atoms with Crippen molar-refractivity contribution in [1.29, 1.82) is 0 Å². The van der Waals surface area contributed by atoms with Crippen LogP contribution in [-0.2, 0) is 9.59 Å². The molecule has 1 N–H and O–H groups in total. The maximum Gasteiger partial charge on any atom is 0.254 e. The molecule has 1 aliphatic heterocycles. The van der Waals surface area contributed by atoms with Gasteiger partial charge in [-0.15, -0.1) is 0 Å². The average molecular weight is 417 g/mol. The van der Waals surface area contributed by atoms with Crippen molar-refractivity contribution in [3.63, 3.8) is 0 Å². The fourth-order valence-corrected chi connectivity index (χ4v) is 5.46. The van der Waals surface area contributed by atoms with Crippen molar-refractivity contribution >= 4 is 34.0 Å². The van der Waals surface area contributed by atoms with Gasteiger partial charge in [-0.3, -0.25) is 9.59 Å². The molecule has 6 nitrogen and oxygen atoms in total. The van der Waals surface area contributed by atoms with Crippen molar-refractivity contribution in [2.24, 2.45) is 40.6 Å². The summed E-state index contributed by atoms with van der Waals surface area (Å²) in [7, 11) is 1.45. The van der Waals surface area contributed by atoms with Crippen LogP contribution in [0.25, 0.3) is 0 Å². The largest absolute Gasteiger partial charge is 0.503 e. The summed E-state index contributed by atoms with van der Waals surface area (Å²) in [6.45, 7) is 0. The van der Waals surface area contributed by atoms with Crippen molar-refractivity contribution in [3.05, 3.63) is 34.3 Å². The molecule has 4 aliphatic carbocycles. The van der Waals surface area contributed by atoms with Crippen LogP contribution in [0.2, 0.25) is 0 Å². The van der Waals surface area contributed by atoms with Gasteiger partial charge in [-0.1, -0.05) is 12.2 Å². The number of amides is 2. The van der Waals surface area contributed by atoms with E-state index in [-0.39, 0.29) is 47.0 Å². The number of phenolic OH excluding ortho intramolecular Hbond substituents is 1. The molecule has 1 aromatic rings. The van der Waals surface area contributed by atoms with Gasteiger partial charge in [0.25, 0.3) is 11.8 Å². The topological polar surface area (TPSA) is 79.2 Å². The second kappa shape index (κ2) is 5.42. The molecule has 0 aromatic heterocycles. The van der Waals surface area contributed by atoms with E-state index in [9.17, 15) is 14.7 Å². The molecule has 1 heterocycles. The van der Waals surface area contributed by atoms with Crippen LogP contribution in [-0.4, -0.2) is 35.3 Å². The Kier molecular flexibility index (Phi) is 3.35. The molecule has 26 heavy (non-hydrogen) atoms. The number of phenols is 1. The van der Waals surface area contributed by atoms with Crippen molar-refractivity contribution in [2.45, 2.75) is 6.42 Å². The highest BCUT2D eigenvalue weighted by atomic mass is 79.9. The Labute approximate surface area is 158 Å². The minimum atomic E-state index is -0.250. The van der Waals surface area contributed by atoms with Gasteiger partial charge in [0.2, 0.25) is 0 Å². The number of halogens is 1. The molecule has 5 aliphatic rings. The van der Waals surface area contributed by atoms with Gasteiger partial charge in [0.1, 0.15) is 0 Å². The normalized spacial score (nSPS) is 36.6. The number of hydrogen-bond donors (Lipinski definition) is 1. The summed E-state index contributed by atoms with van der Waals surface area (Å²) in [5, 5.41) is 15.1. The van der Waals surface area contributed by atoms with Crippen molar-refractivity contribution < 1.29 is 19.4 Å². The van der Waals surface area contributed by atoms with Gasteiger partial charge < -0.3 is 9.84 Å². The summed E-state index contributed by atoms with van der Waals surface area (Å²) in [5.74, 6) is 0.926. The second-order valence-electron chi connectivity index (χ2n) is 7.44. The Morgan fingerprint density at radius 2 is 1.81 bits per heavy atom. The Morgan fingerprint density at radius 3 is 2.38 bits per heavy atom. The van der Waals surface area contributed by atoms with E-state index in [1.807, 2.05) is 0 Å². The zero-order valence-corrected chi connectivity index (χ0v) is 15.6. The van der Waals surface area contributed by atoms with Crippen molar-refractivity contribution in [2.75, 3.05) is 7.11 Å². The first kappa shape index (κ1) is 16.1. The summed E-state index contributed by atoms with van der Waals surface area (Å²) in [6.07, 6.45) is 6.87. The highest BCUT2D eigenvalue weighted by Gasteiger charge is 2.67. The van der Waals surface area contributed by atoms with Crippen LogP contribution < -0.4 is 4.74 Å². The number of imide groups is 1. The fraction of sp³-hybridized carbons (Fsp3) is 0.421. The number of aromatic hydroxyl groups is 1. The molecule has 0 spiro atoms. The lowest BCUT2D eigenvalue weighted by Gasteiger charge is -2.37. The van der Waals surface area contributed by atoms with E-state index in [4.69, 9.17) is 4.74 Å². The summed E-state index contributed by atoms with van der Waals surface area (Å²) in [6, 6.07) is 3.25. The maximum absolute atomic E-state index is 12.9. The second-order valence-corrected chi connectivity index (χ2v) is 8.30. The summed E-state index contributed by atoms with van der Waals surface area (Å²) in [5.41, 5.74) is 0.617. The summed E-state index contributed by atoms with van der Waals surface area (Å²) in [4.78, 5) is 25.7. The van der Waals surface area contributed by atoms with E-state index in [1.165, 1.54) is 13.3 Å². The molecule has 6 atom stereocenters. The van der Waals surface area contributed by atoms with Crippen molar-refractivity contribution in [1.82, 2.24) is 5.01 Å². The number of carbonyl (C=O) groups is 2. The van der Waals surface area contributed by atoms with E-state index in [2.05, 4.69) is 33.2 Å². The number of hydrazone groups is 1. The zero-order valence-electron chi connectivity index (χ0n) is 14.0. The van der Waals surface area contributed by atoms with E-state index in [0.717, 1.165) is 11.4 Å². The molecular weight excluding hydrogens is 400 g/mol. The minimum Gasteiger partial charge on any atom is -0.503 e. The standard InChI is InChI=1S/C19H17BrN2O4/c1-26-14-5-8(4-13(20)17(14)23)7-21-22-18(24)15-9-2-3-10(12-6-11(9)12)16(15)19(22)25/h2-5,7,9-12,15-16,23H,6H2,1H3/b21-7-/t9-,10-,11-,12+,15+,16+/m1/s1.